The van der Waals surface area contributed by atoms with Gasteiger partial charge in [0.2, 0.25) is 5.91 Å². The average molecular weight is 377 g/mol. The van der Waals surface area contributed by atoms with Crippen LogP contribution in [0.25, 0.3) is 0 Å². The molecule has 1 N–H and O–H groups in total. The highest BCUT2D eigenvalue weighted by atomic mass is 16.5. The van der Waals surface area contributed by atoms with Crippen LogP contribution in [0.15, 0.2) is 24.3 Å². The van der Waals surface area contributed by atoms with Crippen molar-refractivity contribution in [1.29, 1.82) is 0 Å². The molecule has 0 aromatic heterocycles. The summed E-state index contributed by atoms with van der Waals surface area (Å²) in [6.07, 6.45) is 2.07. The van der Waals surface area contributed by atoms with Gasteiger partial charge in [0.1, 0.15) is 11.5 Å². The molecule has 7 nitrogen and oxygen atoms in total. The smallest absolute Gasteiger partial charge is 0.260 e. The summed E-state index contributed by atoms with van der Waals surface area (Å²) in [5, 5.41) is 2.93. The molecule has 1 aromatic rings. The van der Waals surface area contributed by atoms with E-state index in [1.165, 1.54) is 0 Å². The molecule has 0 radical (unpaired) electrons. The number of hydrogen-bond acceptors (Lipinski definition) is 5. The maximum atomic E-state index is 12.3. The van der Waals surface area contributed by atoms with Crippen molar-refractivity contribution in [3.8, 4) is 11.5 Å². The Labute approximate surface area is 161 Å². The van der Waals surface area contributed by atoms with Crippen LogP contribution >= 0.6 is 0 Å². The maximum absolute atomic E-state index is 12.3. The van der Waals surface area contributed by atoms with E-state index in [0.29, 0.717) is 45.1 Å². The number of ether oxygens (including phenoxy) is 2. The van der Waals surface area contributed by atoms with Crippen LogP contribution in [-0.2, 0) is 9.59 Å². The monoisotopic (exact) mass is 377 g/mol. The zero-order valence-electron chi connectivity index (χ0n) is 16.4. The van der Waals surface area contributed by atoms with Gasteiger partial charge in [-0.1, -0.05) is 13.3 Å². The SMILES string of the molecule is CCCCNC(=O)CN1CCN(C(=O)COc2ccc(OCC)cc2)CC1. The van der Waals surface area contributed by atoms with Gasteiger partial charge in [-0.3, -0.25) is 14.5 Å². The quantitative estimate of drug-likeness (QED) is 0.626. The van der Waals surface area contributed by atoms with E-state index < -0.39 is 0 Å². The summed E-state index contributed by atoms with van der Waals surface area (Å²) in [7, 11) is 0. The van der Waals surface area contributed by atoms with Crippen molar-refractivity contribution in [2.45, 2.75) is 26.7 Å². The fourth-order valence-electron chi connectivity index (χ4n) is 2.85. The zero-order valence-corrected chi connectivity index (χ0v) is 16.4. The summed E-state index contributed by atoms with van der Waals surface area (Å²) in [5.41, 5.74) is 0. The summed E-state index contributed by atoms with van der Waals surface area (Å²) >= 11 is 0. The number of benzene rings is 1. The van der Waals surface area contributed by atoms with Gasteiger partial charge in [-0.15, -0.1) is 0 Å². The van der Waals surface area contributed by atoms with E-state index in [-0.39, 0.29) is 18.4 Å². The van der Waals surface area contributed by atoms with Crippen molar-refractivity contribution in [1.82, 2.24) is 15.1 Å². The fraction of sp³-hybridized carbons (Fsp3) is 0.600. The minimum Gasteiger partial charge on any atom is -0.494 e. The normalized spacial score (nSPS) is 14.7. The van der Waals surface area contributed by atoms with Gasteiger partial charge in [-0.2, -0.15) is 0 Å². The Balaban J connectivity index is 1.66. The van der Waals surface area contributed by atoms with E-state index in [1.54, 1.807) is 17.0 Å². The lowest BCUT2D eigenvalue weighted by Crippen LogP contribution is -2.52. The first-order chi connectivity index (χ1) is 13.1. The molecule has 1 aromatic carbocycles. The lowest BCUT2D eigenvalue weighted by atomic mass is 10.3. The van der Waals surface area contributed by atoms with Crippen molar-refractivity contribution in [3.05, 3.63) is 24.3 Å². The predicted octanol–water partition coefficient (Wildman–Crippen LogP) is 1.52. The molecular formula is C20H31N3O4. The van der Waals surface area contributed by atoms with E-state index in [1.807, 2.05) is 19.1 Å². The maximum Gasteiger partial charge on any atom is 0.260 e. The van der Waals surface area contributed by atoms with E-state index in [0.717, 1.165) is 25.1 Å². The van der Waals surface area contributed by atoms with Gasteiger partial charge in [0.25, 0.3) is 5.91 Å². The van der Waals surface area contributed by atoms with Crippen molar-refractivity contribution in [2.75, 3.05) is 52.5 Å². The van der Waals surface area contributed by atoms with Gasteiger partial charge in [0, 0.05) is 32.7 Å². The van der Waals surface area contributed by atoms with Crippen LogP contribution in [0.4, 0.5) is 0 Å². The van der Waals surface area contributed by atoms with E-state index in [9.17, 15) is 9.59 Å². The van der Waals surface area contributed by atoms with Crippen LogP contribution in [0.1, 0.15) is 26.7 Å². The van der Waals surface area contributed by atoms with Crippen molar-refractivity contribution >= 4 is 11.8 Å². The second-order valence-electron chi connectivity index (χ2n) is 6.55. The Morgan fingerprint density at radius 1 is 1.00 bits per heavy atom. The summed E-state index contributed by atoms with van der Waals surface area (Å²) in [5.74, 6) is 1.46. The molecule has 7 heteroatoms. The minimum atomic E-state index is -0.0315. The number of nitrogens with one attached hydrogen (secondary N) is 1. The number of amides is 2. The van der Waals surface area contributed by atoms with Gasteiger partial charge in [-0.25, -0.2) is 0 Å². The highest BCUT2D eigenvalue weighted by Gasteiger charge is 2.22. The first-order valence-corrected chi connectivity index (χ1v) is 9.74. The first-order valence-electron chi connectivity index (χ1n) is 9.74. The number of rotatable bonds is 10. The summed E-state index contributed by atoms with van der Waals surface area (Å²) in [4.78, 5) is 28.1. The average Bonchev–Trinajstić information content (AvgIpc) is 2.68. The van der Waals surface area contributed by atoms with Gasteiger partial charge in [0.15, 0.2) is 6.61 Å². The molecule has 0 saturated carbocycles. The van der Waals surface area contributed by atoms with Crippen molar-refractivity contribution in [2.24, 2.45) is 0 Å². The molecule has 2 rings (SSSR count). The first kappa shape index (κ1) is 21.0. The highest BCUT2D eigenvalue weighted by molar-refractivity contribution is 5.79. The van der Waals surface area contributed by atoms with Crippen molar-refractivity contribution in [3.63, 3.8) is 0 Å². The molecule has 0 bridgehead atoms. The van der Waals surface area contributed by atoms with Crippen LogP contribution in [0.2, 0.25) is 0 Å². The standard InChI is InChI=1S/C20H31N3O4/c1-3-5-10-21-19(24)15-22-11-13-23(14-12-22)20(25)16-27-18-8-6-17(7-9-18)26-4-2/h6-9H,3-5,10-16H2,1-2H3,(H,21,24). The fourth-order valence-corrected chi connectivity index (χ4v) is 2.85. The number of unbranched alkanes of at least 4 members (excludes halogenated alkanes) is 1. The Hall–Kier alpha value is -2.28. The van der Waals surface area contributed by atoms with Crippen LogP contribution in [0, 0.1) is 0 Å². The molecule has 0 aliphatic carbocycles. The Bertz CT molecular complexity index is 583. The number of hydrogen-bond donors (Lipinski definition) is 1. The molecular weight excluding hydrogens is 346 g/mol. The summed E-state index contributed by atoms with van der Waals surface area (Å²) < 4.78 is 11.0. The van der Waals surface area contributed by atoms with Crippen LogP contribution in [0.5, 0.6) is 11.5 Å². The predicted molar refractivity (Wildman–Crippen MR) is 104 cm³/mol. The van der Waals surface area contributed by atoms with Crippen LogP contribution in [0.3, 0.4) is 0 Å². The van der Waals surface area contributed by atoms with Crippen molar-refractivity contribution < 1.29 is 19.1 Å². The number of carbonyl (C=O) groups excluding carboxylic acids is 2. The highest BCUT2D eigenvalue weighted by Crippen LogP contribution is 2.17. The largest absolute Gasteiger partial charge is 0.494 e. The Morgan fingerprint density at radius 3 is 2.22 bits per heavy atom. The van der Waals surface area contributed by atoms with Crippen LogP contribution < -0.4 is 14.8 Å². The summed E-state index contributed by atoms with van der Waals surface area (Å²) in [6.45, 7) is 8.44. The number of carbonyl (C=O) groups is 2. The molecule has 2 amide bonds. The van der Waals surface area contributed by atoms with E-state index in [4.69, 9.17) is 9.47 Å². The van der Waals surface area contributed by atoms with Gasteiger partial charge >= 0.3 is 0 Å². The molecule has 0 spiro atoms. The van der Waals surface area contributed by atoms with E-state index >= 15 is 0 Å². The molecule has 150 valence electrons. The molecule has 27 heavy (non-hydrogen) atoms. The topological polar surface area (TPSA) is 71.1 Å². The van der Waals surface area contributed by atoms with Gasteiger partial charge < -0.3 is 19.7 Å². The van der Waals surface area contributed by atoms with E-state index in [2.05, 4.69) is 17.1 Å². The molecule has 1 heterocycles. The Kier molecular flexibility index (Phi) is 8.91. The second kappa shape index (κ2) is 11.4. The second-order valence-corrected chi connectivity index (χ2v) is 6.55. The van der Waals surface area contributed by atoms with Crippen LogP contribution in [-0.4, -0.2) is 74.1 Å². The minimum absolute atomic E-state index is 0.0193. The third kappa shape index (κ3) is 7.46. The molecule has 0 unspecified atom stereocenters. The molecule has 1 saturated heterocycles. The van der Waals surface area contributed by atoms with Gasteiger partial charge in [-0.05, 0) is 37.6 Å². The number of piperazine rings is 1. The molecule has 1 fully saturated rings. The zero-order chi connectivity index (χ0) is 19.5. The summed E-state index contributed by atoms with van der Waals surface area (Å²) in [6, 6.07) is 7.25. The number of nitrogens with zero attached hydrogens (tertiary/aromatic N) is 2. The third-order valence-electron chi connectivity index (χ3n) is 4.44. The lowest BCUT2D eigenvalue weighted by Gasteiger charge is -2.34. The Morgan fingerprint density at radius 2 is 1.63 bits per heavy atom. The van der Waals surface area contributed by atoms with Gasteiger partial charge in [0.05, 0.1) is 13.2 Å². The third-order valence-corrected chi connectivity index (χ3v) is 4.44. The lowest BCUT2D eigenvalue weighted by molar-refractivity contribution is -0.135. The molecule has 1 aliphatic heterocycles. The molecule has 1 aliphatic rings. The molecule has 0 atom stereocenters.